The fourth-order valence-electron chi connectivity index (χ4n) is 3.83. The maximum Gasteiger partial charge on any atom is 0.312 e. The van der Waals surface area contributed by atoms with Gasteiger partial charge in [-0.3, -0.25) is 14.9 Å². The quantitative estimate of drug-likeness (QED) is 0.231. The van der Waals surface area contributed by atoms with Gasteiger partial charge in [-0.2, -0.15) is 0 Å². The molecule has 3 heterocycles. The van der Waals surface area contributed by atoms with Crippen LogP contribution in [-0.4, -0.2) is 61.7 Å². The van der Waals surface area contributed by atoms with Gasteiger partial charge in [0.2, 0.25) is 0 Å². The zero-order chi connectivity index (χ0) is 27.4. The standard InChI is InChI=1S/C25H22N4O9S/c30-25(20-3-1-2-4-22(20)38-17-11-16-7-8-26-24(16)27-13-17)28-39(33,34)19-5-6-23(21(12-19)29(31)32)37-15-18-14-35-9-10-36-18/h1-8,11-13,18H,9-10,14-15H2,(H,26,27)(H,28,30). The summed E-state index contributed by atoms with van der Waals surface area (Å²) in [7, 11) is -4.50. The molecular weight excluding hydrogens is 532 g/mol. The lowest BCUT2D eigenvalue weighted by molar-refractivity contribution is -0.386. The Labute approximate surface area is 221 Å². The SMILES string of the molecule is O=C(NS(=O)(=O)c1ccc(OCC2COCCO2)c([N+](=O)[O-])c1)c1ccccc1Oc1cnc2[nH]ccc2c1. The van der Waals surface area contributed by atoms with Crippen molar-refractivity contribution in [2.45, 2.75) is 11.0 Å². The van der Waals surface area contributed by atoms with Crippen molar-refractivity contribution in [1.82, 2.24) is 14.7 Å². The number of hydrogen-bond acceptors (Lipinski definition) is 10. The monoisotopic (exact) mass is 554 g/mol. The molecule has 1 aliphatic rings. The molecule has 13 nitrogen and oxygen atoms in total. The molecule has 1 aliphatic heterocycles. The molecule has 0 spiro atoms. The van der Waals surface area contributed by atoms with Gasteiger partial charge in [0.25, 0.3) is 15.9 Å². The van der Waals surface area contributed by atoms with Gasteiger partial charge < -0.3 is 23.9 Å². The van der Waals surface area contributed by atoms with Gasteiger partial charge in [-0.1, -0.05) is 12.1 Å². The summed E-state index contributed by atoms with van der Waals surface area (Å²) >= 11 is 0. The number of nitro groups is 1. The van der Waals surface area contributed by atoms with Crippen LogP contribution in [0.1, 0.15) is 10.4 Å². The molecule has 0 aliphatic carbocycles. The maximum absolute atomic E-state index is 13.0. The van der Waals surface area contributed by atoms with Crippen molar-refractivity contribution >= 4 is 32.7 Å². The van der Waals surface area contributed by atoms with Gasteiger partial charge in [-0.05, 0) is 36.4 Å². The Kier molecular flexibility index (Phi) is 7.40. The normalized spacial score (nSPS) is 15.5. The highest BCUT2D eigenvalue weighted by molar-refractivity contribution is 7.90. The molecule has 14 heteroatoms. The molecule has 39 heavy (non-hydrogen) atoms. The van der Waals surface area contributed by atoms with Crippen LogP contribution < -0.4 is 14.2 Å². The number of carbonyl (C=O) groups excluding carboxylic acids is 1. The van der Waals surface area contributed by atoms with Crippen molar-refractivity contribution < 1.29 is 37.1 Å². The number of nitrogens with zero attached hydrogens (tertiary/aromatic N) is 2. The molecule has 1 fully saturated rings. The lowest BCUT2D eigenvalue weighted by atomic mass is 10.2. The number of hydrogen-bond donors (Lipinski definition) is 2. The first-order valence-electron chi connectivity index (χ1n) is 11.7. The molecule has 2 N–H and O–H groups in total. The number of nitrogens with one attached hydrogen (secondary N) is 2. The lowest BCUT2D eigenvalue weighted by Gasteiger charge is -2.22. The fraction of sp³-hybridized carbons (Fsp3) is 0.200. The number of benzene rings is 2. The molecular formula is C25H22N4O9S. The van der Waals surface area contributed by atoms with E-state index in [9.17, 15) is 23.3 Å². The number of nitro benzene ring substituents is 1. The number of H-pyrrole nitrogens is 1. The van der Waals surface area contributed by atoms with Crippen molar-refractivity contribution in [2.75, 3.05) is 26.4 Å². The minimum atomic E-state index is -4.50. The smallest absolute Gasteiger partial charge is 0.312 e. The largest absolute Gasteiger partial charge is 0.484 e. The Balaban J connectivity index is 1.33. The highest BCUT2D eigenvalue weighted by atomic mass is 32.2. The summed E-state index contributed by atoms with van der Waals surface area (Å²) in [6.07, 6.45) is 2.76. The molecule has 1 saturated heterocycles. The summed E-state index contributed by atoms with van der Waals surface area (Å²) in [6.45, 7) is 1.08. The molecule has 4 aromatic rings. The number of amides is 1. The van der Waals surface area contributed by atoms with Gasteiger partial charge in [0.15, 0.2) is 5.75 Å². The summed E-state index contributed by atoms with van der Waals surface area (Å²) in [6, 6.07) is 12.6. The lowest BCUT2D eigenvalue weighted by Crippen LogP contribution is -2.33. The van der Waals surface area contributed by atoms with E-state index in [0.29, 0.717) is 24.6 Å². The first-order chi connectivity index (χ1) is 18.8. The molecule has 0 saturated carbocycles. The molecule has 2 aromatic heterocycles. The van der Waals surface area contributed by atoms with Crippen molar-refractivity contribution in [3.8, 4) is 17.2 Å². The van der Waals surface area contributed by atoms with E-state index in [4.69, 9.17) is 18.9 Å². The molecule has 202 valence electrons. The number of carbonyl (C=O) groups is 1. The Bertz CT molecular complexity index is 1630. The van der Waals surface area contributed by atoms with E-state index in [1.165, 1.54) is 18.3 Å². The predicted octanol–water partition coefficient (Wildman–Crippen LogP) is 3.18. The van der Waals surface area contributed by atoms with Crippen LogP contribution in [0.2, 0.25) is 0 Å². The van der Waals surface area contributed by atoms with Crippen LogP contribution in [0.15, 0.2) is 71.9 Å². The molecule has 1 unspecified atom stereocenters. The Morgan fingerprint density at radius 3 is 2.79 bits per heavy atom. The average molecular weight is 555 g/mol. The van der Waals surface area contributed by atoms with Gasteiger partial charge in [0.05, 0.1) is 41.4 Å². The number of ether oxygens (including phenoxy) is 4. The predicted molar refractivity (Wildman–Crippen MR) is 136 cm³/mol. The van der Waals surface area contributed by atoms with Crippen LogP contribution in [0.25, 0.3) is 11.0 Å². The molecule has 1 amide bonds. The fourth-order valence-corrected chi connectivity index (χ4v) is 4.81. The van der Waals surface area contributed by atoms with Crippen LogP contribution in [0, 0.1) is 10.1 Å². The van der Waals surface area contributed by atoms with E-state index >= 15 is 0 Å². The maximum atomic E-state index is 13.0. The third-order valence-electron chi connectivity index (χ3n) is 5.71. The Morgan fingerprint density at radius 2 is 2.00 bits per heavy atom. The molecule has 0 bridgehead atoms. The van der Waals surface area contributed by atoms with Crippen LogP contribution >= 0.6 is 0 Å². The third kappa shape index (κ3) is 5.98. The topological polar surface area (TPSA) is 172 Å². The second-order valence-corrected chi connectivity index (χ2v) is 10.1. The van der Waals surface area contributed by atoms with E-state index in [1.807, 2.05) is 4.72 Å². The number of aromatic nitrogens is 2. The average Bonchev–Trinajstić information content (AvgIpc) is 3.40. The Hall–Kier alpha value is -4.53. The zero-order valence-electron chi connectivity index (χ0n) is 20.2. The molecule has 0 radical (unpaired) electrons. The van der Waals surface area contributed by atoms with Crippen LogP contribution in [0.3, 0.4) is 0 Å². The number of sulfonamides is 1. The molecule has 2 aromatic carbocycles. The summed E-state index contributed by atoms with van der Waals surface area (Å²) < 4.78 is 50.0. The van der Waals surface area contributed by atoms with Gasteiger partial charge >= 0.3 is 5.69 Å². The summed E-state index contributed by atoms with van der Waals surface area (Å²) in [5.41, 5.74) is -0.000788. The summed E-state index contributed by atoms with van der Waals surface area (Å²) in [5, 5.41) is 12.4. The second-order valence-electron chi connectivity index (χ2n) is 8.38. The minimum absolute atomic E-state index is 0.0208. The van der Waals surface area contributed by atoms with Gasteiger partial charge in [0, 0.05) is 17.6 Å². The van der Waals surface area contributed by atoms with E-state index < -0.39 is 37.5 Å². The number of pyridine rings is 1. The Morgan fingerprint density at radius 1 is 1.15 bits per heavy atom. The third-order valence-corrected chi connectivity index (χ3v) is 7.04. The highest BCUT2D eigenvalue weighted by Crippen LogP contribution is 2.31. The number of aromatic amines is 1. The number of para-hydroxylation sites is 1. The number of rotatable bonds is 9. The minimum Gasteiger partial charge on any atom is -0.484 e. The van der Waals surface area contributed by atoms with Gasteiger partial charge in [-0.15, -0.1) is 0 Å². The second kappa shape index (κ2) is 11.1. The summed E-state index contributed by atoms with van der Waals surface area (Å²) in [5.74, 6) is -0.711. The van der Waals surface area contributed by atoms with Crippen molar-refractivity contribution in [2.24, 2.45) is 0 Å². The van der Waals surface area contributed by atoms with Gasteiger partial charge in [-0.25, -0.2) is 18.1 Å². The van der Waals surface area contributed by atoms with Crippen LogP contribution in [0.4, 0.5) is 5.69 Å². The van der Waals surface area contributed by atoms with Gasteiger partial charge in [0.1, 0.15) is 29.9 Å². The molecule has 1 atom stereocenters. The van der Waals surface area contributed by atoms with Crippen molar-refractivity contribution in [1.29, 1.82) is 0 Å². The number of fused-ring (bicyclic) bond motifs is 1. The van der Waals surface area contributed by atoms with E-state index in [2.05, 4.69) is 9.97 Å². The van der Waals surface area contributed by atoms with E-state index in [0.717, 1.165) is 23.6 Å². The van der Waals surface area contributed by atoms with E-state index in [1.54, 1.807) is 30.5 Å². The van der Waals surface area contributed by atoms with Crippen molar-refractivity contribution in [3.05, 3.63) is 82.7 Å². The first-order valence-corrected chi connectivity index (χ1v) is 13.2. The van der Waals surface area contributed by atoms with Crippen LogP contribution in [0.5, 0.6) is 17.2 Å². The zero-order valence-corrected chi connectivity index (χ0v) is 21.1. The highest BCUT2D eigenvalue weighted by Gasteiger charge is 2.26. The van der Waals surface area contributed by atoms with E-state index in [-0.39, 0.29) is 30.3 Å². The summed E-state index contributed by atoms with van der Waals surface area (Å²) in [4.78, 5) is 30.6. The van der Waals surface area contributed by atoms with Crippen LogP contribution in [-0.2, 0) is 19.5 Å². The van der Waals surface area contributed by atoms with Crippen molar-refractivity contribution in [3.63, 3.8) is 0 Å². The first kappa shape index (κ1) is 26.1. The molecule has 5 rings (SSSR count).